The third-order valence-electron chi connectivity index (χ3n) is 4.09. The smallest absolute Gasteiger partial charge is 0.291 e. The van der Waals surface area contributed by atoms with Gasteiger partial charge < -0.3 is 4.42 Å². The fraction of sp³-hybridized carbons (Fsp3) is 0.0476. The van der Waals surface area contributed by atoms with Gasteiger partial charge in [-0.05, 0) is 47.7 Å². The first-order chi connectivity index (χ1) is 13.1. The number of halogens is 1. The average Bonchev–Trinajstić information content (AvgIpc) is 3.25. The van der Waals surface area contributed by atoms with Crippen LogP contribution in [-0.2, 0) is 6.54 Å². The fourth-order valence-corrected chi connectivity index (χ4v) is 4.07. The van der Waals surface area contributed by atoms with Crippen molar-refractivity contribution in [3.8, 4) is 11.3 Å². The summed E-state index contributed by atoms with van der Waals surface area (Å²) in [5, 5.41) is 0.576. The molecule has 0 aliphatic carbocycles. The van der Waals surface area contributed by atoms with Gasteiger partial charge in [-0.25, -0.2) is 0 Å². The molecule has 6 heteroatoms. The van der Waals surface area contributed by atoms with Crippen LogP contribution in [0.25, 0.3) is 17.4 Å². The minimum Gasteiger partial charge on any atom is -0.457 e. The van der Waals surface area contributed by atoms with Gasteiger partial charge in [0.2, 0.25) is 0 Å². The molecule has 3 aromatic rings. The van der Waals surface area contributed by atoms with Gasteiger partial charge in [0, 0.05) is 10.6 Å². The largest absolute Gasteiger partial charge is 0.457 e. The number of thioether (sulfide) groups is 1. The maximum absolute atomic E-state index is 12.4. The summed E-state index contributed by atoms with van der Waals surface area (Å²) in [6.45, 7) is 0.423. The first kappa shape index (κ1) is 18.0. The van der Waals surface area contributed by atoms with Gasteiger partial charge in [-0.2, -0.15) is 0 Å². The number of thiocarbonyl (C=S) groups is 1. The Hall–Kier alpha value is -2.34. The summed E-state index contributed by atoms with van der Waals surface area (Å²) in [5.41, 5.74) is 1.98. The Morgan fingerprint density at radius 1 is 1.04 bits per heavy atom. The zero-order valence-electron chi connectivity index (χ0n) is 14.1. The standard InChI is InChI=1S/C21H14ClNO2S2/c22-16-8-6-14(7-9-16)13-23-20(26)19(27-21(23)24)12-17-10-11-18(25-17)15-4-2-1-3-5-15/h1-12H,13H2/b19-12-. The molecule has 0 atom stereocenters. The second-order valence-electron chi connectivity index (χ2n) is 5.96. The summed E-state index contributed by atoms with van der Waals surface area (Å²) in [4.78, 5) is 15.2. The summed E-state index contributed by atoms with van der Waals surface area (Å²) in [6, 6.07) is 21.1. The van der Waals surface area contributed by atoms with Gasteiger partial charge in [0.25, 0.3) is 5.24 Å². The van der Waals surface area contributed by atoms with Gasteiger partial charge in [-0.3, -0.25) is 9.69 Å². The van der Waals surface area contributed by atoms with Crippen molar-refractivity contribution in [2.75, 3.05) is 0 Å². The van der Waals surface area contributed by atoms with E-state index in [1.807, 2.05) is 60.7 Å². The third kappa shape index (κ3) is 4.00. The van der Waals surface area contributed by atoms with E-state index in [0.717, 1.165) is 33.6 Å². The van der Waals surface area contributed by atoms with Crippen LogP contribution in [0.5, 0.6) is 0 Å². The normalized spacial score (nSPS) is 15.7. The van der Waals surface area contributed by atoms with Crippen LogP contribution in [0, 0.1) is 0 Å². The van der Waals surface area contributed by atoms with E-state index in [4.69, 9.17) is 28.2 Å². The van der Waals surface area contributed by atoms with Crippen molar-refractivity contribution in [2.24, 2.45) is 0 Å². The van der Waals surface area contributed by atoms with E-state index in [1.165, 1.54) is 0 Å². The summed E-state index contributed by atoms with van der Waals surface area (Å²) in [5.74, 6) is 1.44. The van der Waals surface area contributed by atoms with Gasteiger partial charge in [0.15, 0.2) is 0 Å². The lowest BCUT2D eigenvalue weighted by Crippen LogP contribution is -2.26. The van der Waals surface area contributed by atoms with Crippen LogP contribution >= 0.6 is 35.6 Å². The van der Waals surface area contributed by atoms with Gasteiger partial charge >= 0.3 is 0 Å². The number of furan rings is 1. The van der Waals surface area contributed by atoms with Crippen molar-refractivity contribution in [3.05, 3.63) is 88.0 Å². The van der Waals surface area contributed by atoms with Crippen LogP contribution in [0.3, 0.4) is 0 Å². The molecule has 27 heavy (non-hydrogen) atoms. The number of benzene rings is 2. The Kier molecular flexibility index (Phi) is 5.16. The SMILES string of the molecule is O=C1S/C(=C\c2ccc(-c3ccccc3)o2)C(=S)N1Cc1ccc(Cl)cc1. The predicted molar refractivity (Wildman–Crippen MR) is 115 cm³/mol. The fourth-order valence-electron chi connectivity index (χ4n) is 2.73. The Balaban J connectivity index is 1.53. The highest BCUT2D eigenvalue weighted by molar-refractivity contribution is 8.19. The van der Waals surface area contributed by atoms with Gasteiger partial charge in [0.1, 0.15) is 16.5 Å². The van der Waals surface area contributed by atoms with E-state index in [1.54, 1.807) is 17.0 Å². The molecule has 0 saturated carbocycles. The molecule has 3 nitrogen and oxygen atoms in total. The number of amides is 1. The zero-order chi connectivity index (χ0) is 18.8. The lowest BCUT2D eigenvalue weighted by molar-refractivity contribution is 0.244. The minimum atomic E-state index is -0.0870. The van der Waals surface area contributed by atoms with Crippen molar-refractivity contribution in [2.45, 2.75) is 6.54 Å². The Morgan fingerprint density at radius 3 is 2.52 bits per heavy atom. The molecule has 134 valence electrons. The molecule has 4 rings (SSSR count). The monoisotopic (exact) mass is 411 g/mol. The van der Waals surface area contributed by atoms with E-state index in [-0.39, 0.29) is 5.24 Å². The van der Waals surface area contributed by atoms with Crippen molar-refractivity contribution >= 4 is 51.9 Å². The third-order valence-corrected chi connectivity index (χ3v) is 5.83. The Bertz CT molecular complexity index is 1030. The highest BCUT2D eigenvalue weighted by Crippen LogP contribution is 2.35. The highest BCUT2D eigenvalue weighted by atomic mass is 35.5. The van der Waals surface area contributed by atoms with E-state index >= 15 is 0 Å². The molecule has 0 spiro atoms. The summed E-state index contributed by atoms with van der Waals surface area (Å²) in [6.07, 6.45) is 1.82. The average molecular weight is 412 g/mol. The van der Waals surface area contributed by atoms with E-state index in [0.29, 0.717) is 22.3 Å². The maximum Gasteiger partial charge on any atom is 0.291 e. The van der Waals surface area contributed by atoms with Gasteiger partial charge in [-0.1, -0.05) is 66.3 Å². The van der Waals surface area contributed by atoms with Crippen LogP contribution in [-0.4, -0.2) is 15.1 Å². The number of hydrogen-bond donors (Lipinski definition) is 0. The molecule has 0 radical (unpaired) electrons. The number of carbonyl (C=O) groups excluding carboxylic acids is 1. The second kappa shape index (κ2) is 7.72. The lowest BCUT2D eigenvalue weighted by Gasteiger charge is -2.14. The van der Waals surface area contributed by atoms with Crippen LogP contribution in [0.1, 0.15) is 11.3 Å². The highest BCUT2D eigenvalue weighted by Gasteiger charge is 2.31. The molecule has 1 saturated heterocycles. The van der Waals surface area contributed by atoms with Crippen molar-refractivity contribution in [1.29, 1.82) is 0 Å². The van der Waals surface area contributed by atoms with Gasteiger partial charge in [-0.15, -0.1) is 0 Å². The molecule has 1 aromatic heterocycles. The second-order valence-corrected chi connectivity index (χ2v) is 7.78. The maximum atomic E-state index is 12.4. The zero-order valence-corrected chi connectivity index (χ0v) is 16.5. The minimum absolute atomic E-state index is 0.0870. The first-order valence-corrected chi connectivity index (χ1v) is 9.85. The number of carbonyl (C=O) groups is 1. The molecule has 1 aliphatic heterocycles. The molecule has 2 heterocycles. The Morgan fingerprint density at radius 2 is 1.78 bits per heavy atom. The molecule has 0 bridgehead atoms. The van der Waals surface area contributed by atoms with Crippen LogP contribution in [0.15, 0.2) is 76.1 Å². The van der Waals surface area contributed by atoms with Crippen LogP contribution in [0.4, 0.5) is 4.79 Å². The molecule has 0 N–H and O–H groups in total. The quantitative estimate of drug-likeness (QED) is 0.356. The lowest BCUT2D eigenvalue weighted by atomic mass is 10.2. The molecule has 1 aliphatic rings. The molecular weight excluding hydrogens is 398 g/mol. The van der Waals surface area contributed by atoms with Crippen molar-refractivity contribution in [3.63, 3.8) is 0 Å². The molecule has 0 unspecified atom stereocenters. The number of nitrogens with zero attached hydrogens (tertiary/aromatic N) is 1. The number of hydrogen-bond acceptors (Lipinski definition) is 4. The topological polar surface area (TPSA) is 33.5 Å². The summed E-state index contributed by atoms with van der Waals surface area (Å²) < 4.78 is 5.89. The van der Waals surface area contributed by atoms with Crippen LogP contribution < -0.4 is 0 Å². The first-order valence-electron chi connectivity index (χ1n) is 8.25. The van der Waals surface area contributed by atoms with Crippen LogP contribution in [0.2, 0.25) is 5.02 Å². The molecule has 2 aromatic carbocycles. The summed E-state index contributed by atoms with van der Waals surface area (Å²) >= 11 is 12.6. The van der Waals surface area contributed by atoms with Gasteiger partial charge in [0.05, 0.1) is 11.4 Å². The van der Waals surface area contributed by atoms with E-state index in [2.05, 4.69) is 0 Å². The molecule has 1 fully saturated rings. The molecule has 1 amide bonds. The molecular formula is C21H14ClNO2S2. The predicted octanol–water partition coefficient (Wildman–Crippen LogP) is 6.64. The Labute approximate surface area is 171 Å². The van der Waals surface area contributed by atoms with Crippen molar-refractivity contribution in [1.82, 2.24) is 4.90 Å². The van der Waals surface area contributed by atoms with E-state index < -0.39 is 0 Å². The van der Waals surface area contributed by atoms with E-state index in [9.17, 15) is 4.79 Å². The summed E-state index contributed by atoms with van der Waals surface area (Å²) in [7, 11) is 0. The van der Waals surface area contributed by atoms with Crippen molar-refractivity contribution < 1.29 is 9.21 Å². The number of rotatable bonds is 4.